The first-order valence-electron chi connectivity index (χ1n) is 8.96. The van der Waals surface area contributed by atoms with Crippen molar-refractivity contribution in [1.29, 1.82) is 0 Å². The van der Waals surface area contributed by atoms with E-state index in [1.807, 2.05) is 18.2 Å². The van der Waals surface area contributed by atoms with Crippen LogP contribution in [-0.2, 0) is 16.5 Å². The van der Waals surface area contributed by atoms with E-state index in [0.717, 1.165) is 38.2 Å². The van der Waals surface area contributed by atoms with E-state index in [0.29, 0.717) is 23.5 Å². The van der Waals surface area contributed by atoms with Gasteiger partial charge >= 0.3 is 29.6 Å². The van der Waals surface area contributed by atoms with Crippen molar-refractivity contribution in [2.24, 2.45) is 0 Å². The number of benzene rings is 2. The molecule has 142 valence electrons. The summed E-state index contributed by atoms with van der Waals surface area (Å²) in [5.74, 6) is 0.215. The number of para-hydroxylation sites is 1. The fraction of sp³-hybridized carbons (Fsp3) is 0.400. The Labute approximate surface area is 183 Å². The topological polar surface area (TPSA) is 86.7 Å². The predicted octanol–water partition coefficient (Wildman–Crippen LogP) is 1.71. The molecule has 7 heteroatoms. The van der Waals surface area contributed by atoms with Gasteiger partial charge in [0, 0.05) is 0 Å². The molecule has 0 unspecified atom stereocenters. The van der Waals surface area contributed by atoms with E-state index in [2.05, 4.69) is 6.92 Å². The van der Waals surface area contributed by atoms with Crippen LogP contribution in [-0.4, -0.2) is 13.0 Å². The van der Waals surface area contributed by atoms with Crippen LogP contribution in [0.5, 0.6) is 17.2 Å². The first-order valence-corrected chi connectivity index (χ1v) is 10.4. The first-order chi connectivity index (χ1) is 12.4. The number of rotatable bonds is 10. The summed E-state index contributed by atoms with van der Waals surface area (Å²) in [7, 11) is -4.56. The molecule has 0 aliphatic carbocycles. The fourth-order valence-electron chi connectivity index (χ4n) is 2.82. The van der Waals surface area contributed by atoms with Crippen molar-refractivity contribution >= 4 is 10.1 Å². The van der Waals surface area contributed by atoms with E-state index in [1.165, 1.54) is 12.5 Å². The normalized spacial score (nSPS) is 11.0. The van der Waals surface area contributed by atoms with Gasteiger partial charge < -0.3 is 9.84 Å². The van der Waals surface area contributed by atoms with Crippen molar-refractivity contribution in [2.45, 2.75) is 56.8 Å². The molecule has 0 atom stereocenters. The van der Waals surface area contributed by atoms with E-state index in [1.54, 1.807) is 12.1 Å². The maximum Gasteiger partial charge on any atom is 1.00 e. The smallest absolute Gasteiger partial charge is 0.871 e. The van der Waals surface area contributed by atoms with Crippen molar-refractivity contribution in [1.82, 2.24) is 0 Å². The van der Waals surface area contributed by atoms with E-state index in [9.17, 15) is 18.1 Å². The third-order valence-electron chi connectivity index (χ3n) is 4.21. The van der Waals surface area contributed by atoms with E-state index in [-0.39, 0.29) is 29.6 Å². The van der Waals surface area contributed by atoms with Gasteiger partial charge in [-0.1, -0.05) is 63.0 Å². The van der Waals surface area contributed by atoms with Crippen LogP contribution in [0.4, 0.5) is 0 Å². The zero-order valence-electron chi connectivity index (χ0n) is 16.0. The minimum absolute atomic E-state index is 0. The molecule has 0 bridgehead atoms. The second-order valence-corrected chi connectivity index (χ2v) is 7.67. The van der Waals surface area contributed by atoms with Gasteiger partial charge in [0.25, 0.3) is 10.1 Å². The minimum Gasteiger partial charge on any atom is -0.871 e. The predicted molar refractivity (Wildman–Crippen MR) is 99.3 cm³/mol. The molecule has 0 fully saturated rings. The summed E-state index contributed by atoms with van der Waals surface area (Å²) < 4.78 is 37.9. The van der Waals surface area contributed by atoms with Crippen molar-refractivity contribution in [2.75, 3.05) is 0 Å². The molecule has 1 N–H and O–H groups in total. The Hall–Kier alpha value is -1.05. The molecule has 0 radical (unpaired) electrons. The van der Waals surface area contributed by atoms with Crippen molar-refractivity contribution in [3.63, 3.8) is 0 Å². The maximum atomic E-state index is 12.6. The van der Waals surface area contributed by atoms with Gasteiger partial charge in [0.2, 0.25) is 0 Å². The molecule has 0 heterocycles. The van der Waals surface area contributed by atoms with Crippen molar-refractivity contribution < 1.29 is 52.4 Å². The third kappa shape index (κ3) is 7.47. The molecule has 2 aromatic carbocycles. The molecular weight excluding hydrogens is 375 g/mol. The van der Waals surface area contributed by atoms with Crippen LogP contribution in [0.15, 0.2) is 47.4 Å². The van der Waals surface area contributed by atoms with Gasteiger partial charge in [-0.05, 0) is 42.7 Å². The SMILES string of the molecule is CCCCCCCCc1c(Oc2ccccc2)ccc(S(=O)(=O)O)c1[O-].[Na+]. The summed E-state index contributed by atoms with van der Waals surface area (Å²) >= 11 is 0. The third-order valence-corrected chi connectivity index (χ3v) is 5.09. The van der Waals surface area contributed by atoms with Gasteiger partial charge in [0.1, 0.15) is 11.5 Å². The molecule has 0 aliphatic rings. The van der Waals surface area contributed by atoms with Crippen LogP contribution in [0.2, 0.25) is 0 Å². The van der Waals surface area contributed by atoms with Gasteiger partial charge in [-0.3, -0.25) is 4.55 Å². The average Bonchev–Trinajstić information content (AvgIpc) is 2.60. The van der Waals surface area contributed by atoms with Crippen molar-refractivity contribution in [3.8, 4) is 17.2 Å². The maximum absolute atomic E-state index is 12.6. The Morgan fingerprint density at radius 2 is 1.59 bits per heavy atom. The first kappa shape index (κ1) is 24.0. The Bertz CT molecular complexity index is 807. The van der Waals surface area contributed by atoms with Crippen LogP contribution >= 0.6 is 0 Å². The molecule has 27 heavy (non-hydrogen) atoms. The average molecular weight is 400 g/mol. The molecule has 0 aromatic heterocycles. The van der Waals surface area contributed by atoms with E-state index in [4.69, 9.17) is 4.74 Å². The summed E-state index contributed by atoms with van der Waals surface area (Å²) in [6.07, 6.45) is 6.72. The van der Waals surface area contributed by atoms with Crippen molar-refractivity contribution in [3.05, 3.63) is 48.0 Å². The Morgan fingerprint density at radius 3 is 2.22 bits per heavy atom. The minimum atomic E-state index is -4.56. The van der Waals surface area contributed by atoms with Crippen LogP contribution in [0.3, 0.4) is 0 Å². The zero-order chi connectivity index (χ0) is 19.0. The quantitative estimate of drug-likeness (QED) is 0.373. The van der Waals surface area contributed by atoms with Crippen LogP contribution < -0.4 is 39.4 Å². The van der Waals surface area contributed by atoms with E-state index < -0.39 is 20.8 Å². The summed E-state index contributed by atoms with van der Waals surface area (Å²) in [4.78, 5) is -0.598. The van der Waals surface area contributed by atoms with Crippen LogP contribution in [0.25, 0.3) is 0 Å². The molecule has 0 saturated heterocycles. The number of ether oxygens (including phenoxy) is 1. The van der Waals surface area contributed by atoms with Gasteiger partial charge in [-0.25, -0.2) is 0 Å². The molecule has 0 saturated carbocycles. The summed E-state index contributed by atoms with van der Waals surface area (Å²) in [6, 6.07) is 11.5. The monoisotopic (exact) mass is 400 g/mol. The summed E-state index contributed by atoms with van der Waals surface area (Å²) in [5, 5.41) is 12.6. The number of hydrogen-bond donors (Lipinski definition) is 1. The molecule has 0 amide bonds. The second-order valence-electron chi connectivity index (χ2n) is 6.28. The Morgan fingerprint density at radius 1 is 0.963 bits per heavy atom. The van der Waals surface area contributed by atoms with Crippen LogP contribution in [0.1, 0.15) is 51.0 Å². The zero-order valence-corrected chi connectivity index (χ0v) is 18.8. The van der Waals surface area contributed by atoms with Gasteiger partial charge in [-0.2, -0.15) is 8.42 Å². The fourth-order valence-corrected chi connectivity index (χ4v) is 3.42. The van der Waals surface area contributed by atoms with Gasteiger partial charge in [-0.15, -0.1) is 0 Å². The molecule has 0 aliphatic heterocycles. The van der Waals surface area contributed by atoms with Gasteiger partial charge in [0.15, 0.2) is 0 Å². The summed E-state index contributed by atoms with van der Waals surface area (Å²) in [6.45, 7) is 2.15. The second kappa shape index (κ2) is 11.7. The van der Waals surface area contributed by atoms with Crippen LogP contribution in [0, 0.1) is 0 Å². The molecular formula is C20H25NaO5S. The molecule has 2 aromatic rings. The number of unbranched alkanes of at least 4 members (excludes halogenated alkanes) is 5. The molecule has 2 rings (SSSR count). The van der Waals surface area contributed by atoms with Gasteiger partial charge in [0.05, 0.1) is 4.90 Å². The van der Waals surface area contributed by atoms with E-state index >= 15 is 0 Å². The standard InChI is InChI=1S/C20H26O5S.Na/c1-2-3-4-5-6-10-13-17-18(25-16-11-8-7-9-12-16)14-15-19(20(17)21)26(22,23)24;/h7-9,11-12,14-15,21H,2-6,10,13H2,1H3,(H,22,23,24);/q;+1/p-1. The molecule has 5 nitrogen and oxygen atoms in total. The Balaban J connectivity index is 0.00000364. The Kier molecular flexibility index (Phi) is 10.4. The number of hydrogen-bond acceptors (Lipinski definition) is 4. The largest absolute Gasteiger partial charge is 1.00 e. The summed E-state index contributed by atoms with van der Waals surface area (Å²) in [5.41, 5.74) is 0.291. The molecule has 0 spiro atoms.